The topological polar surface area (TPSA) is 62.5 Å². The molecule has 0 amide bonds. The molecule has 1 aromatic rings. The third-order valence-corrected chi connectivity index (χ3v) is 2.82. The van der Waals surface area contributed by atoms with Crippen molar-refractivity contribution in [2.24, 2.45) is 11.3 Å². The lowest BCUT2D eigenvalue weighted by Crippen LogP contribution is -2.30. The van der Waals surface area contributed by atoms with E-state index in [4.69, 9.17) is 9.52 Å². The van der Waals surface area contributed by atoms with Crippen molar-refractivity contribution in [1.29, 1.82) is 0 Å². The van der Waals surface area contributed by atoms with Crippen LogP contribution in [0, 0.1) is 11.3 Å². The fourth-order valence-electron chi connectivity index (χ4n) is 2.38. The van der Waals surface area contributed by atoms with Crippen LogP contribution in [0.25, 0.3) is 0 Å². The molecule has 0 atom stereocenters. The fourth-order valence-corrected chi connectivity index (χ4v) is 2.38. The predicted octanol–water partition coefficient (Wildman–Crippen LogP) is 3.14. The molecule has 2 N–H and O–H groups in total. The second kappa shape index (κ2) is 6.05. The van der Waals surface area contributed by atoms with Gasteiger partial charge in [0.25, 0.3) is 0 Å². The van der Waals surface area contributed by atoms with Gasteiger partial charge >= 0.3 is 5.97 Å². The molecule has 1 rings (SSSR count). The summed E-state index contributed by atoms with van der Waals surface area (Å²) in [7, 11) is 0. The van der Waals surface area contributed by atoms with E-state index in [9.17, 15) is 4.79 Å². The van der Waals surface area contributed by atoms with E-state index in [0.29, 0.717) is 18.0 Å². The van der Waals surface area contributed by atoms with Gasteiger partial charge in [0.1, 0.15) is 0 Å². The summed E-state index contributed by atoms with van der Waals surface area (Å²) in [6.07, 6.45) is 2.55. The lowest BCUT2D eigenvalue weighted by Gasteiger charge is -2.27. The van der Waals surface area contributed by atoms with Crippen LogP contribution in [0.4, 0.5) is 0 Å². The van der Waals surface area contributed by atoms with Crippen LogP contribution in [0.2, 0.25) is 0 Å². The largest absolute Gasteiger partial charge is 0.475 e. The molecule has 18 heavy (non-hydrogen) atoms. The molecular formula is C14H23NO3. The number of hydrogen-bond acceptors (Lipinski definition) is 3. The molecule has 0 saturated carbocycles. The molecule has 102 valence electrons. The van der Waals surface area contributed by atoms with E-state index >= 15 is 0 Å². The Labute approximate surface area is 108 Å². The average molecular weight is 253 g/mol. The Balaban J connectivity index is 2.46. The number of aromatic carboxylic acids is 1. The lowest BCUT2D eigenvalue weighted by molar-refractivity contribution is 0.0660. The van der Waals surface area contributed by atoms with Crippen LogP contribution in [0.1, 0.15) is 50.2 Å². The van der Waals surface area contributed by atoms with Crippen molar-refractivity contribution in [1.82, 2.24) is 5.32 Å². The summed E-state index contributed by atoms with van der Waals surface area (Å²) in [6.45, 7) is 10.2. The molecule has 0 unspecified atom stereocenters. The fraction of sp³-hybridized carbons (Fsp3) is 0.643. The highest BCUT2D eigenvalue weighted by molar-refractivity contribution is 5.86. The Morgan fingerprint density at radius 3 is 2.72 bits per heavy atom. The van der Waals surface area contributed by atoms with Gasteiger partial charge in [-0.3, -0.25) is 0 Å². The van der Waals surface area contributed by atoms with Crippen molar-refractivity contribution in [3.05, 3.63) is 23.7 Å². The Bertz CT molecular complexity index is 393. The summed E-state index contributed by atoms with van der Waals surface area (Å²) in [5.74, 6) is -0.326. The zero-order valence-electron chi connectivity index (χ0n) is 11.6. The van der Waals surface area contributed by atoms with Crippen LogP contribution in [0.3, 0.4) is 0 Å². The monoisotopic (exact) mass is 253 g/mol. The van der Waals surface area contributed by atoms with Gasteiger partial charge in [-0.25, -0.2) is 4.79 Å². The Hall–Kier alpha value is -1.29. The number of rotatable bonds is 7. The molecule has 1 heterocycles. The molecular weight excluding hydrogens is 230 g/mol. The summed E-state index contributed by atoms with van der Waals surface area (Å²) in [6, 6.07) is 1.70. The summed E-state index contributed by atoms with van der Waals surface area (Å²) in [5.41, 5.74) is 0.907. The second-order valence-electron chi connectivity index (χ2n) is 5.95. The van der Waals surface area contributed by atoms with Gasteiger partial charge in [0.05, 0.1) is 6.26 Å². The molecule has 0 saturated heterocycles. The van der Waals surface area contributed by atoms with Gasteiger partial charge < -0.3 is 14.8 Å². The maximum absolute atomic E-state index is 10.9. The van der Waals surface area contributed by atoms with Gasteiger partial charge in [-0.2, -0.15) is 0 Å². The van der Waals surface area contributed by atoms with Gasteiger partial charge in [0.15, 0.2) is 0 Å². The summed E-state index contributed by atoms with van der Waals surface area (Å²) in [4.78, 5) is 10.9. The van der Waals surface area contributed by atoms with E-state index in [-0.39, 0.29) is 11.2 Å². The number of carboxylic acids is 1. The van der Waals surface area contributed by atoms with Gasteiger partial charge in [-0.1, -0.05) is 27.7 Å². The van der Waals surface area contributed by atoms with E-state index in [1.54, 1.807) is 6.07 Å². The van der Waals surface area contributed by atoms with Crippen LogP contribution < -0.4 is 5.32 Å². The van der Waals surface area contributed by atoms with Gasteiger partial charge in [0, 0.05) is 18.7 Å². The lowest BCUT2D eigenvalue weighted by atomic mass is 9.84. The molecule has 0 bridgehead atoms. The Morgan fingerprint density at radius 1 is 1.50 bits per heavy atom. The first kappa shape index (κ1) is 14.8. The van der Waals surface area contributed by atoms with E-state index in [1.165, 1.54) is 6.26 Å². The molecule has 4 heteroatoms. The molecule has 4 nitrogen and oxygen atoms in total. The van der Waals surface area contributed by atoms with E-state index in [2.05, 4.69) is 33.0 Å². The standard InChI is InChI=1S/C14H23NO3/c1-10(2)7-14(3,4)9-15-8-11-5-6-18-12(11)13(16)17/h5-6,10,15H,7-9H2,1-4H3,(H,16,17). The maximum Gasteiger partial charge on any atom is 0.372 e. The zero-order chi connectivity index (χ0) is 13.8. The molecule has 0 aliphatic heterocycles. The third kappa shape index (κ3) is 4.53. The minimum absolute atomic E-state index is 0.0316. The minimum Gasteiger partial charge on any atom is -0.475 e. The first-order valence-electron chi connectivity index (χ1n) is 6.32. The van der Waals surface area contributed by atoms with Crippen molar-refractivity contribution in [2.45, 2.75) is 40.7 Å². The number of carbonyl (C=O) groups is 1. The highest BCUT2D eigenvalue weighted by Crippen LogP contribution is 2.24. The highest BCUT2D eigenvalue weighted by Gasteiger charge is 2.20. The van der Waals surface area contributed by atoms with Crippen LogP contribution in [-0.2, 0) is 6.54 Å². The smallest absolute Gasteiger partial charge is 0.372 e. The average Bonchev–Trinajstić information content (AvgIpc) is 2.63. The molecule has 1 aromatic heterocycles. The quantitative estimate of drug-likeness (QED) is 0.783. The van der Waals surface area contributed by atoms with Crippen molar-refractivity contribution in [3.8, 4) is 0 Å². The number of furan rings is 1. The highest BCUT2D eigenvalue weighted by atomic mass is 16.4. The summed E-state index contributed by atoms with van der Waals surface area (Å²) < 4.78 is 4.93. The number of nitrogens with one attached hydrogen (secondary N) is 1. The van der Waals surface area contributed by atoms with Crippen LogP contribution in [0.5, 0.6) is 0 Å². The third-order valence-electron chi connectivity index (χ3n) is 2.82. The normalized spacial score (nSPS) is 12.1. The first-order valence-corrected chi connectivity index (χ1v) is 6.32. The van der Waals surface area contributed by atoms with E-state index in [1.807, 2.05) is 0 Å². The molecule has 0 fully saturated rings. The second-order valence-corrected chi connectivity index (χ2v) is 5.95. The zero-order valence-corrected chi connectivity index (χ0v) is 11.6. The molecule has 0 radical (unpaired) electrons. The van der Waals surface area contributed by atoms with Crippen molar-refractivity contribution in [3.63, 3.8) is 0 Å². The van der Waals surface area contributed by atoms with Crippen LogP contribution in [-0.4, -0.2) is 17.6 Å². The molecule has 0 spiro atoms. The SMILES string of the molecule is CC(C)CC(C)(C)CNCc1ccoc1C(=O)O. The Kier molecular flexibility index (Phi) is 4.96. The molecule has 0 aromatic carbocycles. The first-order chi connectivity index (χ1) is 8.32. The van der Waals surface area contributed by atoms with Gasteiger partial charge in [0.2, 0.25) is 5.76 Å². The van der Waals surface area contributed by atoms with Crippen LogP contribution >= 0.6 is 0 Å². The Morgan fingerprint density at radius 2 is 2.17 bits per heavy atom. The number of hydrogen-bond donors (Lipinski definition) is 2. The van der Waals surface area contributed by atoms with E-state index < -0.39 is 5.97 Å². The molecule has 0 aliphatic carbocycles. The summed E-state index contributed by atoms with van der Waals surface area (Å²) in [5, 5.41) is 12.2. The predicted molar refractivity (Wildman–Crippen MR) is 70.6 cm³/mol. The van der Waals surface area contributed by atoms with Crippen molar-refractivity contribution < 1.29 is 14.3 Å². The van der Waals surface area contributed by atoms with E-state index in [0.717, 1.165) is 13.0 Å². The number of carboxylic acid groups (broad SMARTS) is 1. The van der Waals surface area contributed by atoms with Crippen molar-refractivity contribution >= 4 is 5.97 Å². The summed E-state index contributed by atoms with van der Waals surface area (Å²) >= 11 is 0. The van der Waals surface area contributed by atoms with Crippen molar-refractivity contribution in [2.75, 3.05) is 6.54 Å². The van der Waals surface area contributed by atoms with Gasteiger partial charge in [-0.05, 0) is 23.8 Å². The maximum atomic E-state index is 10.9. The van der Waals surface area contributed by atoms with Crippen LogP contribution in [0.15, 0.2) is 16.7 Å². The molecule has 0 aliphatic rings. The van der Waals surface area contributed by atoms with Gasteiger partial charge in [-0.15, -0.1) is 0 Å². The minimum atomic E-state index is -1.02.